The molecule has 2 aromatic carbocycles. The minimum absolute atomic E-state index is 0.161. The molecule has 29 heavy (non-hydrogen) atoms. The maximum atomic E-state index is 13.0. The first-order valence-electron chi connectivity index (χ1n) is 10.6. The number of nitrogens with zero attached hydrogens (tertiary/aromatic N) is 2. The number of aromatic hydroxyl groups is 1. The number of carbonyl (C=O) groups excluding carboxylic acids is 2. The number of hydrogen-bond donors (Lipinski definition) is 1. The van der Waals surface area contributed by atoms with Crippen LogP contribution in [0.15, 0.2) is 48.5 Å². The Morgan fingerprint density at radius 2 is 1.66 bits per heavy atom. The zero-order valence-electron chi connectivity index (χ0n) is 16.9. The maximum Gasteiger partial charge on any atom is 0.262 e. The molecule has 0 spiro atoms. The van der Waals surface area contributed by atoms with Crippen LogP contribution in [0.1, 0.15) is 58.9 Å². The number of benzene rings is 2. The van der Waals surface area contributed by atoms with Gasteiger partial charge in [0.25, 0.3) is 11.8 Å². The lowest BCUT2D eigenvalue weighted by Gasteiger charge is -2.41. The molecule has 1 atom stereocenters. The van der Waals surface area contributed by atoms with Crippen LogP contribution in [-0.4, -0.2) is 46.0 Å². The van der Waals surface area contributed by atoms with Crippen molar-refractivity contribution in [2.45, 2.75) is 45.2 Å². The number of imide groups is 1. The summed E-state index contributed by atoms with van der Waals surface area (Å²) in [6.07, 6.45) is 4.55. The summed E-state index contributed by atoms with van der Waals surface area (Å²) in [4.78, 5) is 29.7. The third-order valence-electron chi connectivity index (χ3n) is 6.18. The number of phenolic OH excluding ortho intramolecular Hbond substituents is 1. The van der Waals surface area contributed by atoms with E-state index in [4.69, 9.17) is 0 Å². The van der Waals surface area contributed by atoms with E-state index in [1.54, 1.807) is 18.2 Å². The van der Waals surface area contributed by atoms with Gasteiger partial charge in [0.1, 0.15) is 5.75 Å². The number of carbonyl (C=O) groups is 2. The maximum absolute atomic E-state index is 13.0. The first kappa shape index (κ1) is 19.6. The molecule has 5 heteroatoms. The van der Waals surface area contributed by atoms with Gasteiger partial charge in [-0.25, -0.2) is 0 Å². The number of amides is 2. The van der Waals surface area contributed by atoms with Crippen LogP contribution < -0.4 is 0 Å². The Balaban J connectivity index is 1.44. The van der Waals surface area contributed by atoms with E-state index in [1.807, 2.05) is 24.3 Å². The Morgan fingerprint density at radius 3 is 2.24 bits per heavy atom. The zero-order chi connectivity index (χ0) is 20.4. The molecule has 2 aliphatic heterocycles. The normalized spacial score (nSPS) is 18.9. The van der Waals surface area contributed by atoms with Gasteiger partial charge < -0.3 is 5.11 Å². The highest BCUT2D eigenvalue weighted by Gasteiger charge is 2.42. The minimum atomic E-state index is -0.172. The number of fused-ring (bicyclic) bond motifs is 1. The molecular formula is C24H28N2O3. The SMILES string of the molecule is CCCC(N1CCC(Cc2cccc(O)c2)CC1)N1C(=O)c2ccccc2C1=O. The molecule has 1 N–H and O–H groups in total. The second-order valence-corrected chi connectivity index (χ2v) is 8.15. The van der Waals surface area contributed by atoms with E-state index in [0.717, 1.165) is 50.8 Å². The van der Waals surface area contributed by atoms with Crippen molar-refractivity contribution in [2.24, 2.45) is 5.92 Å². The molecule has 0 radical (unpaired) electrons. The number of rotatable bonds is 6. The fourth-order valence-corrected chi connectivity index (χ4v) is 4.68. The first-order chi connectivity index (χ1) is 14.1. The first-order valence-corrected chi connectivity index (χ1v) is 10.6. The lowest BCUT2D eigenvalue weighted by Crippen LogP contribution is -2.53. The fraction of sp³-hybridized carbons (Fsp3) is 0.417. The van der Waals surface area contributed by atoms with Crippen LogP contribution in [0.4, 0.5) is 0 Å². The van der Waals surface area contributed by atoms with Gasteiger partial charge in [0.05, 0.1) is 17.3 Å². The van der Waals surface area contributed by atoms with E-state index in [9.17, 15) is 14.7 Å². The van der Waals surface area contributed by atoms with Crippen molar-refractivity contribution >= 4 is 11.8 Å². The molecule has 152 valence electrons. The van der Waals surface area contributed by atoms with Gasteiger partial charge in [-0.1, -0.05) is 37.6 Å². The second-order valence-electron chi connectivity index (χ2n) is 8.15. The standard InChI is InChI=1S/C24H28N2O3/c1-2-6-22(26-23(28)20-9-3-4-10-21(20)24(26)29)25-13-11-17(12-14-25)15-18-7-5-8-19(27)16-18/h3-5,7-10,16-17,22,27H,2,6,11-15H2,1H3. The Hall–Kier alpha value is -2.66. The molecule has 1 saturated heterocycles. The summed E-state index contributed by atoms with van der Waals surface area (Å²) in [5.74, 6) is 0.544. The van der Waals surface area contributed by atoms with Gasteiger partial charge in [0.2, 0.25) is 0 Å². The van der Waals surface area contributed by atoms with E-state index >= 15 is 0 Å². The highest BCUT2D eigenvalue weighted by Crippen LogP contribution is 2.31. The monoisotopic (exact) mass is 392 g/mol. The molecule has 0 aromatic heterocycles. The molecule has 2 heterocycles. The summed E-state index contributed by atoms with van der Waals surface area (Å²) in [6.45, 7) is 3.85. The second kappa shape index (κ2) is 8.37. The largest absolute Gasteiger partial charge is 0.508 e. The Morgan fingerprint density at radius 1 is 1.00 bits per heavy atom. The van der Waals surface area contributed by atoms with Crippen molar-refractivity contribution in [1.82, 2.24) is 9.80 Å². The summed E-state index contributed by atoms with van der Waals surface area (Å²) in [5.41, 5.74) is 2.21. The fourth-order valence-electron chi connectivity index (χ4n) is 4.68. The molecule has 5 nitrogen and oxygen atoms in total. The predicted octanol–water partition coefficient (Wildman–Crippen LogP) is 4.07. The van der Waals surface area contributed by atoms with Crippen LogP contribution in [-0.2, 0) is 6.42 Å². The summed E-state index contributed by atoms with van der Waals surface area (Å²) < 4.78 is 0. The Kier molecular flexibility index (Phi) is 5.67. The number of phenols is 1. The molecule has 1 fully saturated rings. The van der Waals surface area contributed by atoms with Crippen LogP contribution in [0.3, 0.4) is 0 Å². The van der Waals surface area contributed by atoms with Gasteiger partial charge in [-0.2, -0.15) is 0 Å². The summed E-state index contributed by atoms with van der Waals surface area (Å²) >= 11 is 0. The van der Waals surface area contributed by atoms with Crippen molar-refractivity contribution in [2.75, 3.05) is 13.1 Å². The predicted molar refractivity (Wildman–Crippen MR) is 112 cm³/mol. The topological polar surface area (TPSA) is 60.9 Å². The third-order valence-corrected chi connectivity index (χ3v) is 6.18. The highest BCUT2D eigenvalue weighted by molar-refractivity contribution is 6.21. The smallest absolute Gasteiger partial charge is 0.262 e. The molecule has 0 bridgehead atoms. The summed E-state index contributed by atoms with van der Waals surface area (Å²) in [5, 5.41) is 9.68. The Labute approximate surface area is 171 Å². The molecular weight excluding hydrogens is 364 g/mol. The van der Waals surface area contributed by atoms with E-state index in [1.165, 1.54) is 4.90 Å². The lowest BCUT2D eigenvalue weighted by molar-refractivity contribution is 0.0171. The summed E-state index contributed by atoms with van der Waals surface area (Å²) in [6, 6.07) is 14.6. The van der Waals surface area contributed by atoms with Crippen LogP contribution in [0.5, 0.6) is 5.75 Å². The average molecular weight is 392 g/mol. The highest BCUT2D eigenvalue weighted by atomic mass is 16.3. The van der Waals surface area contributed by atoms with Crippen molar-refractivity contribution in [1.29, 1.82) is 0 Å². The van der Waals surface area contributed by atoms with E-state index in [2.05, 4.69) is 17.9 Å². The lowest BCUT2D eigenvalue weighted by atomic mass is 9.89. The minimum Gasteiger partial charge on any atom is -0.508 e. The quantitative estimate of drug-likeness (QED) is 0.753. The van der Waals surface area contributed by atoms with E-state index < -0.39 is 0 Å². The van der Waals surface area contributed by atoms with Crippen molar-refractivity contribution in [3.63, 3.8) is 0 Å². The van der Waals surface area contributed by atoms with Crippen molar-refractivity contribution < 1.29 is 14.7 Å². The summed E-state index contributed by atoms with van der Waals surface area (Å²) in [7, 11) is 0. The van der Waals surface area contributed by atoms with Gasteiger partial charge in [-0.15, -0.1) is 0 Å². The third kappa shape index (κ3) is 3.92. The average Bonchev–Trinajstić information content (AvgIpc) is 2.98. The zero-order valence-corrected chi connectivity index (χ0v) is 16.9. The number of likely N-dealkylation sites (tertiary alicyclic amines) is 1. The van der Waals surface area contributed by atoms with E-state index in [0.29, 0.717) is 22.8 Å². The van der Waals surface area contributed by atoms with Crippen molar-refractivity contribution in [3.05, 3.63) is 65.2 Å². The van der Waals surface area contributed by atoms with Gasteiger partial charge >= 0.3 is 0 Å². The molecule has 4 rings (SSSR count). The van der Waals surface area contributed by atoms with Gasteiger partial charge in [0.15, 0.2) is 0 Å². The van der Waals surface area contributed by atoms with E-state index in [-0.39, 0.29) is 18.0 Å². The van der Waals surface area contributed by atoms with Crippen LogP contribution in [0, 0.1) is 5.92 Å². The molecule has 2 amide bonds. The molecule has 2 aromatic rings. The van der Waals surface area contributed by atoms with Crippen LogP contribution in [0.25, 0.3) is 0 Å². The van der Waals surface area contributed by atoms with Gasteiger partial charge in [0, 0.05) is 13.1 Å². The molecule has 2 aliphatic rings. The van der Waals surface area contributed by atoms with Crippen molar-refractivity contribution in [3.8, 4) is 5.75 Å². The Bertz CT molecular complexity index is 868. The van der Waals surface area contributed by atoms with Crippen LogP contribution >= 0.6 is 0 Å². The number of hydrogen-bond acceptors (Lipinski definition) is 4. The van der Waals surface area contributed by atoms with Gasteiger partial charge in [-0.05, 0) is 61.4 Å². The number of piperidine rings is 1. The van der Waals surface area contributed by atoms with Gasteiger partial charge in [-0.3, -0.25) is 19.4 Å². The molecule has 0 aliphatic carbocycles. The molecule has 0 saturated carbocycles. The molecule has 1 unspecified atom stereocenters. The van der Waals surface area contributed by atoms with Crippen LogP contribution in [0.2, 0.25) is 0 Å².